The van der Waals surface area contributed by atoms with Crippen LogP contribution in [-0.4, -0.2) is 33.2 Å². The molecule has 0 aliphatic carbocycles. The summed E-state index contributed by atoms with van der Waals surface area (Å²) in [5.41, 5.74) is 1.68. The van der Waals surface area contributed by atoms with Gasteiger partial charge in [0.2, 0.25) is 5.91 Å². The smallest absolute Gasteiger partial charge is 0.326 e. The molecule has 0 fully saturated rings. The van der Waals surface area contributed by atoms with E-state index < -0.39 is 12.0 Å². The number of benzene rings is 1. The molecule has 1 aromatic carbocycles. The zero-order valence-electron chi connectivity index (χ0n) is 12.1. The third-order valence-electron chi connectivity index (χ3n) is 3.21. The lowest BCUT2D eigenvalue weighted by atomic mass is 10.0. The summed E-state index contributed by atoms with van der Waals surface area (Å²) in [5.74, 6) is -1.09. The first kappa shape index (κ1) is 15.0. The molecule has 1 aromatic heterocycles. The second-order valence-electron chi connectivity index (χ2n) is 5.56. The second-order valence-corrected chi connectivity index (χ2v) is 5.56. The fourth-order valence-corrected chi connectivity index (χ4v) is 2.22. The predicted octanol–water partition coefficient (Wildman–Crippen LogP) is 1.72. The maximum Gasteiger partial charge on any atom is 0.326 e. The Morgan fingerprint density at radius 2 is 2.14 bits per heavy atom. The van der Waals surface area contributed by atoms with E-state index in [9.17, 15) is 9.59 Å². The number of carboxylic acid groups (broad SMARTS) is 1. The van der Waals surface area contributed by atoms with Crippen molar-refractivity contribution >= 4 is 22.8 Å². The Hall–Kier alpha value is -2.37. The molecule has 1 atom stereocenters. The summed E-state index contributed by atoms with van der Waals surface area (Å²) in [5, 5.41) is 19.4. The van der Waals surface area contributed by atoms with Gasteiger partial charge in [0.1, 0.15) is 6.04 Å². The van der Waals surface area contributed by atoms with Gasteiger partial charge in [0, 0.05) is 5.39 Å². The van der Waals surface area contributed by atoms with Gasteiger partial charge in [-0.2, -0.15) is 5.10 Å². The lowest BCUT2D eigenvalue weighted by Crippen LogP contribution is -2.42. The molecule has 1 heterocycles. The van der Waals surface area contributed by atoms with Crippen LogP contribution >= 0.6 is 0 Å². The number of hydrogen-bond acceptors (Lipinski definition) is 3. The van der Waals surface area contributed by atoms with Crippen molar-refractivity contribution in [1.29, 1.82) is 0 Å². The van der Waals surface area contributed by atoms with Crippen molar-refractivity contribution in [3.63, 3.8) is 0 Å². The number of nitrogens with one attached hydrogen (secondary N) is 2. The van der Waals surface area contributed by atoms with Crippen molar-refractivity contribution in [3.8, 4) is 0 Å². The quantitative estimate of drug-likeness (QED) is 0.754. The molecule has 0 saturated carbocycles. The minimum Gasteiger partial charge on any atom is -0.480 e. The lowest BCUT2D eigenvalue weighted by molar-refractivity contribution is -0.142. The Labute approximate surface area is 122 Å². The highest BCUT2D eigenvalue weighted by atomic mass is 16.4. The van der Waals surface area contributed by atoms with Gasteiger partial charge in [-0.15, -0.1) is 0 Å². The van der Waals surface area contributed by atoms with Crippen LogP contribution in [0.5, 0.6) is 0 Å². The van der Waals surface area contributed by atoms with E-state index in [-0.39, 0.29) is 18.2 Å². The molecule has 0 aliphatic heterocycles. The molecule has 6 nitrogen and oxygen atoms in total. The number of carbonyl (C=O) groups is 2. The normalized spacial score (nSPS) is 12.5. The van der Waals surface area contributed by atoms with Crippen LogP contribution in [0.15, 0.2) is 24.4 Å². The van der Waals surface area contributed by atoms with Crippen molar-refractivity contribution in [2.75, 3.05) is 0 Å². The highest BCUT2D eigenvalue weighted by molar-refractivity contribution is 5.86. The van der Waals surface area contributed by atoms with E-state index in [1.807, 2.05) is 32.0 Å². The van der Waals surface area contributed by atoms with Gasteiger partial charge < -0.3 is 10.4 Å². The van der Waals surface area contributed by atoms with Gasteiger partial charge >= 0.3 is 5.97 Å². The van der Waals surface area contributed by atoms with Gasteiger partial charge in [0.05, 0.1) is 18.1 Å². The Morgan fingerprint density at radius 1 is 1.38 bits per heavy atom. The maximum atomic E-state index is 12.0. The second kappa shape index (κ2) is 6.39. The van der Waals surface area contributed by atoms with Crippen molar-refractivity contribution < 1.29 is 14.7 Å². The number of aliphatic carboxylic acids is 1. The zero-order chi connectivity index (χ0) is 15.4. The minimum atomic E-state index is -0.999. The standard InChI is InChI=1S/C15H19N3O3/c1-9(2)5-13(15(20)21)17-14(19)7-10-3-4-11-8-16-18-12(11)6-10/h3-4,6,8-9,13H,5,7H2,1-2H3,(H,16,18)(H,17,19)(H,20,21)/t13-/m0/s1. The molecule has 0 bridgehead atoms. The van der Waals surface area contributed by atoms with E-state index in [1.165, 1.54) is 0 Å². The van der Waals surface area contributed by atoms with Crippen LogP contribution in [0.3, 0.4) is 0 Å². The Kier molecular flexibility index (Phi) is 4.57. The average Bonchev–Trinajstić information content (AvgIpc) is 2.84. The number of fused-ring (bicyclic) bond motifs is 1. The van der Waals surface area contributed by atoms with Crippen LogP contribution < -0.4 is 5.32 Å². The number of carboxylic acids is 1. The molecular formula is C15H19N3O3. The highest BCUT2D eigenvalue weighted by Gasteiger charge is 2.21. The summed E-state index contributed by atoms with van der Waals surface area (Å²) < 4.78 is 0. The Morgan fingerprint density at radius 3 is 2.81 bits per heavy atom. The first-order chi connectivity index (χ1) is 9.95. The SMILES string of the molecule is CC(C)C[C@H](NC(=O)Cc1ccc2cn[nH]c2c1)C(=O)O. The van der Waals surface area contributed by atoms with Gasteiger partial charge in [-0.1, -0.05) is 26.0 Å². The number of aromatic nitrogens is 2. The van der Waals surface area contributed by atoms with Crippen molar-refractivity contribution in [1.82, 2.24) is 15.5 Å². The number of rotatable bonds is 6. The molecule has 2 rings (SSSR count). The van der Waals surface area contributed by atoms with Crippen molar-refractivity contribution in [2.24, 2.45) is 5.92 Å². The predicted molar refractivity (Wildman–Crippen MR) is 78.8 cm³/mol. The van der Waals surface area contributed by atoms with Crippen LogP contribution in [0, 0.1) is 5.92 Å². The summed E-state index contributed by atoms with van der Waals surface area (Å²) >= 11 is 0. The van der Waals surface area contributed by atoms with E-state index in [0.717, 1.165) is 16.5 Å². The third kappa shape index (κ3) is 4.05. The maximum absolute atomic E-state index is 12.0. The fourth-order valence-electron chi connectivity index (χ4n) is 2.22. The summed E-state index contributed by atoms with van der Waals surface area (Å²) in [7, 11) is 0. The van der Waals surface area contributed by atoms with Crippen LogP contribution in [-0.2, 0) is 16.0 Å². The summed E-state index contributed by atoms with van der Waals surface area (Å²) in [6, 6.07) is 4.73. The van der Waals surface area contributed by atoms with Crippen LogP contribution in [0.2, 0.25) is 0 Å². The molecule has 1 amide bonds. The van der Waals surface area contributed by atoms with Gasteiger partial charge in [0.25, 0.3) is 0 Å². The fraction of sp³-hybridized carbons (Fsp3) is 0.400. The number of amides is 1. The molecular weight excluding hydrogens is 270 g/mol. The van der Waals surface area contributed by atoms with E-state index in [2.05, 4.69) is 15.5 Å². The first-order valence-corrected chi connectivity index (χ1v) is 6.90. The van der Waals surface area contributed by atoms with Gasteiger partial charge in [0.15, 0.2) is 0 Å². The van der Waals surface area contributed by atoms with E-state index in [4.69, 9.17) is 5.11 Å². The number of carbonyl (C=O) groups excluding carboxylic acids is 1. The average molecular weight is 289 g/mol. The molecule has 0 spiro atoms. The molecule has 0 saturated heterocycles. The van der Waals surface area contributed by atoms with Gasteiger partial charge in [-0.3, -0.25) is 9.89 Å². The molecule has 0 aliphatic rings. The summed E-state index contributed by atoms with van der Waals surface area (Å²) in [6.45, 7) is 3.85. The van der Waals surface area contributed by atoms with E-state index in [1.54, 1.807) is 6.20 Å². The first-order valence-electron chi connectivity index (χ1n) is 6.90. The molecule has 0 unspecified atom stereocenters. The molecule has 21 heavy (non-hydrogen) atoms. The molecule has 0 radical (unpaired) electrons. The van der Waals surface area contributed by atoms with Crippen LogP contribution in [0.1, 0.15) is 25.8 Å². The zero-order valence-corrected chi connectivity index (χ0v) is 12.1. The minimum absolute atomic E-state index is 0.150. The van der Waals surface area contributed by atoms with Crippen molar-refractivity contribution in [3.05, 3.63) is 30.0 Å². The summed E-state index contributed by atoms with van der Waals surface area (Å²) in [6.07, 6.45) is 2.28. The van der Waals surface area contributed by atoms with Gasteiger partial charge in [-0.05, 0) is 24.0 Å². The monoisotopic (exact) mass is 289 g/mol. The Balaban J connectivity index is 2.01. The summed E-state index contributed by atoms with van der Waals surface area (Å²) in [4.78, 5) is 23.1. The lowest BCUT2D eigenvalue weighted by Gasteiger charge is -2.16. The van der Waals surface area contributed by atoms with E-state index in [0.29, 0.717) is 6.42 Å². The van der Waals surface area contributed by atoms with Crippen molar-refractivity contribution in [2.45, 2.75) is 32.7 Å². The van der Waals surface area contributed by atoms with Crippen LogP contribution in [0.25, 0.3) is 10.9 Å². The largest absolute Gasteiger partial charge is 0.480 e. The molecule has 6 heteroatoms. The number of hydrogen-bond donors (Lipinski definition) is 3. The number of aromatic amines is 1. The Bertz CT molecular complexity index is 648. The third-order valence-corrected chi connectivity index (χ3v) is 3.21. The topological polar surface area (TPSA) is 95.1 Å². The van der Waals surface area contributed by atoms with Gasteiger partial charge in [-0.25, -0.2) is 4.79 Å². The number of nitrogens with zero attached hydrogens (tertiary/aromatic N) is 1. The molecule has 112 valence electrons. The van der Waals surface area contributed by atoms with Crippen LogP contribution in [0.4, 0.5) is 0 Å². The molecule has 3 N–H and O–H groups in total. The molecule has 2 aromatic rings. The number of H-pyrrole nitrogens is 1. The highest BCUT2D eigenvalue weighted by Crippen LogP contribution is 2.13. The van der Waals surface area contributed by atoms with E-state index >= 15 is 0 Å².